The van der Waals surface area contributed by atoms with Crippen LogP contribution < -0.4 is 0 Å². The third kappa shape index (κ3) is 3.98. The zero-order chi connectivity index (χ0) is 17.8. The molecule has 1 aliphatic heterocycles. The van der Waals surface area contributed by atoms with Crippen LogP contribution in [0.5, 0.6) is 0 Å². The number of aryl methyl sites for hydroxylation is 2. The quantitative estimate of drug-likeness (QED) is 0.899. The lowest BCUT2D eigenvalue weighted by molar-refractivity contribution is -0.138. The minimum Gasteiger partial charge on any atom is -0.375 e. The Labute approximate surface area is 154 Å². The lowest BCUT2D eigenvalue weighted by Gasteiger charge is -2.33. The predicted octanol–water partition coefficient (Wildman–Crippen LogP) is 2.69. The molecule has 26 heavy (non-hydrogen) atoms. The van der Waals surface area contributed by atoms with E-state index in [1.807, 2.05) is 11.0 Å². The molecule has 0 saturated carbocycles. The van der Waals surface area contributed by atoms with Crippen molar-refractivity contribution < 1.29 is 9.53 Å². The van der Waals surface area contributed by atoms with E-state index in [9.17, 15) is 4.79 Å². The van der Waals surface area contributed by atoms with Gasteiger partial charge in [-0.05, 0) is 49.7 Å². The van der Waals surface area contributed by atoms with Crippen molar-refractivity contribution in [1.82, 2.24) is 15.1 Å². The second kappa shape index (κ2) is 8.04. The monoisotopic (exact) mass is 353 g/mol. The van der Waals surface area contributed by atoms with Gasteiger partial charge in [-0.15, -0.1) is 0 Å². The van der Waals surface area contributed by atoms with Crippen LogP contribution in [0.15, 0.2) is 30.3 Å². The molecule has 1 atom stereocenters. The van der Waals surface area contributed by atoms with E-state index in [4.69, 9.17) is 4.74 Å². The van der Waals surface area contributed by atoms with Crippen LogP contribution >= 0.6 is 0 Å². The summed E-state index contributed by atoms with van der Waals surface area (Å²) in [5, 5.41) is 7.56. The molecular formula is C21H27N3O2. The van der Waals surface area contributed by atoms with Crippen molar-refractivity contribution in [2.45, 2.75) is 51.0 Å². The van der Waals surface area contributed by atoms with Crippen molar-refractivity contribution in [2.24, 2.45) is 0 Å². The first kappa shape index (κ1) is 17.3. The molecule has 5 heteroatoms. The molecule has 1 saturated heterocycles. The number of aromatic amines is 1. The average molecular weight is 353 g/mol. The van der Waals surface area contributed by atoms with Gasteiger partial charge in [0.05, 0.1) is 24.8 Å². The molecular weight excluding hydrogens is 326 g/mol. The zero-order valence-electron chi connectivity index (χ0n) is 15.2. The summed E-state index contributed by atoms with van der Waals surface area (Å²) >= 11 is 0. The lowest BCUT2D eigenvalue weighted by Crippen LogP contribution is -2.46. The first-order valence-electron chi connectivity index (χ1n) is 9.78. The molecule has 0 spiro atoms. The highest BCUT2D eigenvalue weighted by Crippen LogP contribution is 2.23. The Morgan fingerprint density at radius 1 is 1.23 bits per heavy atom. The molecule has 1 fully saturated rings. The molecule has 1 unspecified atom stereocenters. The molecule has 1 aliphatic carbocycles. The van der Waals surface area contributed by atoms with E-state index in [2.05, 4.69) is 34.5 Å². The Kier molecular flexibility index (Phi) is 5.34. The third-order valence-electron chi connectivity index (χ3n) is 5.55. The summed E-state index contributed by atoms with van der Waals surface area (Å²) in [5.41, 5.74) is 4.81. The third-order valence-corrected chi connectivity index (χ3v) is 5.55. The van der Waals surface area contributed by atoms with E-state index < -0.39 is 0 Å². The van der Waals surface area contributed by atoms with Crippen LogP contribution in [0, 0.1) is 0 Å². The second-order valence-electron chi connectivity index (χ2n) is 7.37. The fourth-order valence-electron chi connectivity index (χ4n) is 4.04. The SMILES string of the molecule is O=C(Cc1n[nH]c2c1CCCC2)N1CCOC(CCc2ccccc2)C1. The summed E-state index contributed by atoms with van der Waals surface area (Å²) in [4.78, 5) is 14.7. The van der Waals surface area contributed by atoms with Crippen LogP contribution in [0.2, 0.25) is 0 Å². The van der Waals surface area contributed by atoms with Gasteiger partial charge in [0.15, 0.2) is 0 Å². The largest absolute Gasteiger partial charge is 0.375 e. The van der Waals surface area contributed by atoms with E-state index in [0.717, 1.165) is 31.4 Å². The van der Waals surface area contributed by atoms with Crippen LogP contribution in [0.25, 0.3) is 0 Å². The summed E-state index contributed by atoms with van der Waals surface area (Å²) < 4.78 is 5.89. The number of rotatable bonds is 5. The molecule has 138 valence electrons. The maximum atomic E-state index is 12.8. The van der Waals surface area contributed by atoms with Gasteiger partial charge in [0.25, 0.3) is 0 Å². The highest BCUT2D eigenvalue weighted by molar-refractivity contribution is 5.79. The van der Waals surface area contributed by atoms with Crippen LogP contribution in [0.1, 0.15) is 41.8 Å². The molecule has 0 bridgehead atoms. The van der Waals surface area contributed by atoms with E-state index >= 15 is 0 Å². The fraction of sp³-hybridized carbons (Fsp3) is 0.524. The summed E-state index contributed by atoms with van der Waals surface area (Å²) in [6, 6.07) is 10.5. The molecule has 2 aromatic rings. The minimum atomic E-state index is 0.126. The standard InChI is InChI=1S/C21H27N3O2/c25-21(14-20-18-8-4-5-9-19(18)22-23-20)24-12-13-26-17(15-24)11-10-16-6-2-1-3-7-16/h1-3,6-7,17H,4-5,8-15H2,(H,22,23). The average Bonchev–Trinajstić information content (AvgIpc) is 3.10. The van der Waals surface area contributed by atoms with Crippen molar-refractivity contribution >= 4 is 5.91 Å². The molecule has 4 rings (SSSR count). The van der Waals surface area contributed by atoms with Crippen molar-refractivity contribution in [3.05, 3.63) is 52.8 Å². The molecule has 0 radical (unpaired) electrons. The number of H-pyrrole nitrogens is 1. The van der Waals surface area contributed by atoms with Gasteiger partial charge >= 0.3 is 0 Å². The number of hydrogen-bond acceptors (Lipinski definition) is 3. The summed E-state index contributed by atoms with van der Waals surface area (Å²) in [5.74, 6) is 0.179. The predicted molar refractivity (Wildman–Crippen MR) is 100 cm³/mol. The first-order valence-corrected chi connectivity index (χ1v) is 9.78. The topological polar surface area (TPSA) is 58.2 Å². The number of morpholine rings is 1. The Balaban J connectivity index is 1.32. The van der Waals surface area contributed by atoms with E-state index in [0.29, 0.717) is 26.1 Å². The number of benzene rings is 1. The lowest BCUT2D eigenvalue weighted by atomic mass is 9.95. The summed E-state index contributed by atoms with van der Waals surface area (Å²) in [7, 11) is 0. The normalized spacial score (nSPS) is 20.0. The number of carbonyl (C=O) groups excluding carboxylic acids is 1. The first-order chi connectivity index (χ1) is 12.8. The van der Waals surface area contributed by atoms with Gasteiger partial charge < -0.3 is 9.64 Å². The van der Waals surface area contributed by atoms with Crippen molar-refractivity contribution in [3.63, 3.8) is 0 Å². The molecule has 2 aliphatic rings. The van der Waals surface area contributed by atoms with Crippen LogP contribution in [0.4, 0.5) is 0 Å². The van der Waals surface area contributed by atoms with Gasteiger partial charge in [0.2, 0.25) is 5.91 Å². The van der Waals surface area contributed by atoms with Crippen LogP contribution in [0.3, 0.4) is 0 Å². The van der Waals surface area contributed by atoms with Crippen molar-refractivity contribution in [1.29, 1.82) is 0 Å². The Morgan fingerprint density at radius 2 is 2.08 bits per heavy atom. The number of amides is 1. The zero-order valence-corrected chi connectivity index (χ0v) is 15.2. The number of hydrogen-bond donors (Lipinski definition) is 1. The number of fused-ring (bicyclic) bond motifs is 1. The maximum Gasteiger partial charge on any atom is 0.228 e. The van der Waals surface area contributed by atoms with Crippen molar-refractivity contribution in [2.75, 3.05) is 19.7 Å². The molecule has 1 N–H and O–H groups in total. The van der Waals surface area contributed by atoms with Crippen LogP contribution in [-0.4, -0.2) is 46.8 Å². The van der Waals surface area contributed by atoms with E-state index in [1.165, 1.54) is 29.7 Å². The smallest absolute Gasteiger partial charge is 0.228 e. The van der Waals surface area contributed by atoms with Gasteiger partial charge in [0, 0.05) is 18.8 Å². The van der Waals surface area contributed by atoms with Gasteiger partial charge in [-0.1, -0.05) is 30.3 Å². The molecule has 1 aromatic carbocycles. The highest BCUT2D eigenvalue weighted by atomic mass is 16.5. The number of carbonyl (C=O) groups is 1. The number of nitrogens with one attached hydrogen (secondary N) is 1. The minimum absolute atomic E-state index is 0.126. The molecule has 1 aromatic heterocycles. The van der Waals surface area contributed by atoms with Gasteiger partial charge in [-0.2, -0.15) is 5.10 Å². The maximum absolute atomic E-state index is 12.8. The fourth-order valence-corrected chi connectivity index (χ4v) is 4.04. The van der Waals surface area contributed by atoms with E-state index in [1.54, 1.807) is 0 Å². The number of aromatic nitrogens is 2. The van der Waals surface area contributed by atoms with E-state index in [-0.39, 0.29) is 12.0 Å². The second-order valence-corrected chi connectivity index (χ2v) is 7.37. The van der Waals surface area contributed by atoms with Gasteiger partial charge in [-0.25, -0.2) is 0 Å². The summed E-state index contributed by atoms with van der Waals surface area (Å²) in [6.07, 6.45) is 7.01. The number of nitrogens with zero attached hydrogens (tertiary/aromatic N) is 2. The Bertz CT molecular complexity index is 741. The Morgan fingerprint density at radius 3 is 2.96 bits per heavy atom. The van der Waals surface area contributed by atoms with Crippen LogP contribution in [-0.2, 0) is 35.2 Å². The molecule has 2 heterocycles. The van der Waals surface area contributed by atoms with Gasteiger partial charge in [0.1, 0.15) is 0 Å². The number of ether oxygens (including phenoxy) is 1. The van der Waals surface area contributed by atoms with Gasteiger partial charge in [-0.3, -0.25) is 9.89 Å². The molecule has 5 nitrogen and oxygen atoms in total. The molecule has 1 amide bonds. The summed E-state index contributed by atoms with van der Waals surface area (Å²) in [6.45, 7) is 2.01. The Hall–Kier alpha value is -2.14. The highest BCUT2D eigenvalue weighted by Gasteiger charge is 2.26. The van der Waals surface area contributed by atoms with Crippen molar-refractivity contribution in [3.8, 4) is 0 Å².